The van der Waals surface area contributed by atoms with Crippen LogP contribution in [0, 0.1) is 0 Å². The molecular formula is C44H44NOP. The SMILES string of the molecule is CCOP1(c2ccccc2)(c2ccccc2)Cc2cc(C(c3ccccc3)(c3ccccc3)c3ccccc3)cc(C(C)(C)C)c2N1. The summed E-state index contributed by atoms with van der Waals surface area (Å²) in [6.07, 6.45) is 0.772. The molecule has 6 aromatic carbocycles. The van der Waals surface area contributed by atoms with Crippen molar-refractivity contribution in [2.75, 3.05) is 11.7 Å². The van der Waals surface area contributed by atoms with Gasteiger partial charge < -0.3 is 0 Å². The molecule has 47 heavy (non-hydrogen) atoms. The van der Waals surface area contributed by atoms with Gasteiger partial charge >= 0.3 is 281 Å². The van der Waals surface area contributed by atoms with Crippen LogP contribution in [0.15, 0.2) is 164 Å². The average molecular weight is 634 g/mol. The molecule has 6 aromatic rings. The molecule has 1 aliphatic rings. The van der Waals surface area contributed by atoms with Gasteiger partial charge in [0.15, 0.2) is 0 Å². The summed E-state index contributed by atoms with van der Waals surface area (Å²) >= 11 is 0. The second-order valence-corrected chi connectivity index (χ2v) is 18.0. The van der Waals surface area contributed by atoms with Crippen LogP contribution in [0.2, 0.25) is 0 Å². The zero-order valence-electron chi connectivity index (χ0n) is 27.9. The van der Waals surface area contributed by atoms with E-state index in [9.17, 15) is 0 Å². The average Bonchev–Trinajstić information content (AvgIpc) is 3.47. The molecule has 0 amide bonds. The standard InChI is InChI=1S/C44H44NOP/c1-5-46-47(39-27-17-9-18-28-39,40-29-19-10-20-30-40)33-34-31-38(32-41(42(34)45-47)43(2,3)4)44(35-21-11-6-12-22-35,36-23-13-7-14-24-36)37-25-15-8-16-26-37/h6-32,45H,5,33H2,1-4H3. The van der Waals surface area contributed by atoms with E-state index in [0.717, 1.165) is 6.16 Å². The Morgan fingerprint density at radius 1 is 0.553 bits per heavy atom. The van der Waals surface area contributed by atoms with Crippen molar-refractivity contribution >= 4 is 23.3 Å². The molecule has 1 heterocycles. The summed E-state index contributed by atoms with van der Waals surface area (Å²) in [6.45, 7) is 6.29. The Bertz CT molecular complexity index is 1830. The Kier molecular flexibility index (Phi) is 7.91. The molecule has 1 aliphatic heterocycles. The fourth-order valence-corrected chi connectivity index (χ4v) is 13.2. The first-order valence-corrected chi connectivity index (χ1v) is 19.1. The summed E-state index contributed by atoms with van der Waals surface area (Å²) in [5.74, 6) is 0. The van der Waals surface area contributed by atoms with Crippen LogP contribution in [0.5, 0.6) is 0 Å². The predicted molar refractivity (Wildman–Crippen MR) is 201 cm³/mol. The van der Waals surface area contributed by atoms with E-state index >= 15 is 0 Å². The maximum atomic E-state index is 7.30. The molecule has 0 atom stereocenters. The van der Waals surface area contributed by atoms with Crippen LogP contribution in [0.3, 0.4) is 0 Å². The summed E-state index contributed by atoms with van der Waals surface area (Å²) < 4.78 is 7.30. The van der Waals surface area contributed by atoms with Gasteiger partial charge in [-0.25, -0.2) is 0 Å². The third-order valence-electron chi connectivity index (χ3n) is 9.92. The number of fused-ring (bicyclic) bond motifs is 1. The van der Waals surface area contributed by atoms with E-state index in [2.05, 4.69) is 197 Å². The Balaban J connectivity index is 1.60. The molecule has 7 rings (SSSR count). The first kappa shape index (κ1) is 31.1. The molecule has 2 nitrogen and oxygen atoms in total. The van der Waals surface area contributed by atoms with Gasteiger partial charge in [-0.1, -0.05) is 0 Å². The first-order chi connectivity index (χ1) is 22.8. The van der Waals surface area contributed by atoms with Crippen molar-refractivity contribution in [3.05, 3.63) is 197 Å². The molecule has 0 unspecified atom stereocenters. The minimum absolute atomic E-state index is 0.146. The van der Waals surface area contributed by atoms with E-state index in [1.54, 1.807) is 0 Å². The van der Waals surface area contributed by atoms with E-state index in [0.29, 0.717) is 6.61 Å². The molecule has 236 valence electrons. The molecule has 1 N–H and O–H groups in total. The minimum atomic E-state index is -3.44. The molecule has 0 aromatic heterocycles. The van der Waals surface area contributed by atoms with Crippen LogP contribution in [-0.2, 0) is 21.5 Å². The molecule has 0 fully saturated rings. The fraction of sp³-hybridized carbons (Fsp3) is 0.182. The van der Waals surface area contributed by atoms with Crippen LogP contribution in [0.4, 0.5) is 5.69 Å². The number of hydrogen-bond acceptors (Lipinski definition) is 2. The summed E-state index contributed by atoms with van der Waals surface area (Å²) in [7, 11) is 0. The van der Waals surface area contributed by atoms with Crippen molar-refractivity contribution in [1.29, 1.82) is 0 Å². The van der Waals surface area contributed by atoms with Crippen molar-refractivity contribution in [3.8, 4) is 0 Å². The Morgan fingerprint density at radius 2 is 0.957 bits per heavy atom. The Labute approximate surface area is 280 Å². The predicted octanol–water partition coefficient (Wildman–Crippen LogP) is 10.4. The number of benzene rings is 6. The zero-order chi connectivity index (χ0) is 32.6. The van der Waals surface area contributed by atoms with E-state index in [1.807, 2.05) is 0 Å². The summed E-state index contributed by atoms with van der Waals surface area (Å²) in [5, 5.41) is 6.73. The Hall–Kier alpha value is -4.49. The Morgan fingerprint density at radius 3 is 1.34 bits per heavy atom. The second kappa shape index (κ2) is 11.9. The number of nitrogens with one attached hydrogen (secondary N) is 1. The topological polar surface area (TPSA) is 21.3 Å². The molecular weight excluding hydrogens is 589 g/mol. The molecule has 0 aliphatic carbocycles. The van der Waals surface area contributed by atoms with Gasteiger partial charge in [0.2, 0.25) is 0 Å². The second-order valence-electron chi connectivity index (χ2n) is 13.7. The van der Waals surface area contributed by atoms with Crippen LogP contribution < -0.4 is 15.7 Å². The zero-order valence-corrected chi connectivity index (χ0v) is 28.8. The fourth-order valence-electron chi connectivity index (χ4n) is 7.89. The van der Waals surface area contributed by atoms with E-state index in [1.165, 1.54) is 49.7 Å². The van der Waals surface area contributed by atoms with Gasteiger partial charge in [-0.3, -0.25) is 0 Å². The van der Waals surface area contributed by atoms with Crippen molar-refractivity contribution in [2.45, 2.75) is 44.7 Å². The van der Waals surface area contributed by atoms with E-state index < -0.39 is 12.4 Å². The van der Waals surface area contributed by atoms with E-state index in [-0.39, 0.29) is 5.41 Å². The van der Waals surface area contributed by atoms with Gasteiger partial charge in [-0.2, -0.15) is 0 Å². The van der Waals surface area contributed by atoms with Gasteiger partial charge in [0.05, 0.1) is 0 Å². The van der Waals surface area contributed by atoms with Crippen molar-refractivity contribution in [1.82, 2.24) is 0 Å². The summed E-state index contributed by atoms with van der Waals surface area (Å²) in [6, 6.07) is 59.9. The maximum absolute atomic E-state index is 7.30. The molecule has 0 saturated carbocycles. The van der Waals surface area contributed by atoms with Gasteiger partial charge in [-0.05, 0) is 0 Å². The summed E-state index contributed by atoms with van der Waals surface area (Å²) in [5.41, 5.74) is 8.14. The van der Waals surface area contributed by atoms with Gasteiger partial charge in [0.1, 0.15) is 0 Å². The van der Waals surface area contributed by atoms with Crippen molar-refractivity contribution in [2.24, 2.45) is 0 Å². The van der Waals surface area contributed by atoms with Crippen molar-refractivity contribution in [3.63, 3.8) is 0 Å². The molecule has 0 spiro atoms. The van der Waals surface area contributed by atoms with E-state index in [4.69, 9.17) is 4.52 Å². The first-order valence-electron chi connectivity index (χ1n) is 16.7. The van der Waals surface area contributed by atoms with Crippen LogP contribution in [0.25, 0.3) is 0 Å². The van der Waals surface area contributed by atoms with Crippen LogP contribution in [0.1, 0.15) is 61.1 Å². The monoisotopic (exact) mass is 633 g/mol. The van der Waals surface area contributed by atoms with Gasteiger partial charge in [0, 0.05) is 0 Å². The molecule has 0 saturated heterocycles. The quantitative estimate of drug-likeness (QED) is 0.133. The molecule has 3 heteroatoms. The van der Waals surface area contributed by atoms with Crippen molar-refractivity contribution < 1.29 is 4.52 Å². The normalized spacial score (nSPS) is 16.0. The molecule has 0 bridgehead atoms. The number of rotatable bonds is 8. The number of hydrogen-bond donors (Lipinski definition) is 1. The third kappa shape index (κ3) is 4.94. The molecule has 0 radical (unpaired) electrons. The van der Waals surface area contributed by atoms with Gasteiger partial charge in [-0.15, -0.1) is 0 Å². The van der Waals surface area contributed by atoms with Gasteiger partial charge in [0.25, 0.3) is 0 Å². The number of anilines is 1. The third-order valence-corrected chi connectivity index (χ3v) is 15.2. The van der Waals surface area contributed by atoms with Crippen LogP contribution >= 0.6 is 6.98 Å². The summed E-state index contributed by atoms with van der Waals surface area (Å²) in [4.78, 5) is 0. The van der Waals surface area contributed by atoms with Crippen LogP contribution in [-0.4, -0.2) is 6.61 Å².